The number of methoxy groups -OCH3 is 1. The molecular formula is C29H29FN2O3. The number of amides is 1. The molecule has 180 valence electrons. The molecule has 6 heteroatoms. The van der Waals surface area contributed by atoms with Crippen molar-refractivity contribution in [3.63, 3.8) is 0 Å². The molecule has 0 fully saturated rings. The highest BCUT2D eigenvalue weighted by Crippen LogP contribution is 2.19. The summed E-state index contributed by atoms with van der Waals surface area (Å²) in [6.45, 7) is 2.12. The molecule has 0 atom stereocenters. The summed E-state index contributed by atoms with van der Waals surface area (Å²) in [4.78, 5) is 14.7. The number of carbonyl (C=O) groups is 1. The van der Waals surface area contributed by atoms with Crippen LogP contribution in [0.3, 0.4) is 0 Å². The van der Waals surface area contributed by atoms with Gasteiger partial charge in [0, 0.05) is 19.6 Å². The molecule has 0 bridgehead atoms. The number of nitrogens with one attached hydrogen (secondary N) is 1. The third-order valence-electron chi connectivity index (χ3n) is 5.64. The van der Waals surface area contributed by atoms with Crippen molar-refractivity contribution >= 4 is 5.91 Å². The van der Waals surface area contributed by atoms with Crippen LogP contribution in [0.15, 0.2) is 95.4 Å². The van der Waals surface area contributed by atoms with E-state index in [0.717, 1.165) is 23.3 Å². The number of nitrogens with zero attached hydrogens (tertiary/aromatic N) is 1. The van der Waals surface area contributed by atoms with Crippen LogP contribution >= 0.6 is 0 Å². The van der Waals surface area contributed by atoms with Gasteiger partial charge in [-0.15, -0.1) is 0 Å². The molecule has 0 aliphatic heterocycles. The Morgan fingerprint density at radius 2 is 1.57 bits per heavy atom. The fourth-order valence-electron chi connectivity index (χ4n) is 3.95. The first-order valence-corrected chi connectivity index (χ1v) is 11.6. The summed E-state index contributed by atoms with van der Waals surface area (Å²) in [6, 6.07) is 27.9. The summed E-state index contributed by atoms with van der Waals surface area (Å²) in [6.07, 6.45) is 0.752. The van der Waals surface area contributed by atoms with Crippen LogP contribution in [0, 0.1) is 5.82 Å². The average molecular weight is 473 g/mol. The summed E-state index contributed by atoms with van der Waals surface area (Å²) in [5.41, 5.74) is 3.09. The zero-order valence-corrected chi connectivity index (χ0v) is 19.7. The van der Waals surface area contributed by atoms with Gasteiger partial charge in [-0.2, -0.15) is 0 Å². The molecule has 0 radical (unpaired) electrons. The highest BCUT2D eigenvalue weighted by atomic mass is 19.1. The number of rotatable bonds is 11. The third-order valence-corrected chi connectivity index (χ3v) is 5.64. The Bertz CT molecular complexity index is 1240. The van der Waals surface area contributed by atoms with Crippen LogP contribution in [-0.2, 0) is 26.1 Å². The Balaban J connectivity index is 1.41. The first kappa shape index (κ1) is 24.2. The molecule has 35 heavy (non-hydrogen) atoms. The first-order chi connectivity index (χ1) is 17.1. The molecule has 4 rings (SSSR count). The number of hydrogen-bond donors (Lipinski definition) is 1. The number of hydrogen-bond acceptors (Lipinski definition) is 4. The standard InChI is InChI=1S/C29H29FN2O3/c1-34-26-12-6-10-24(18-26)20-32(19-23-9-5-11-25(30)17-23)21-27-13-14-28(35-27)29(33)31-16-15-22-7-3-2-4-8-22/h2-14,17-18H,15-16,19-21H2,1H3,(H,31,33). The summed E-state index contributed by atoms with van der Waals surface area (Å²) >= 11 is 0. The second-order valence-electron chi connectivity index (χ2n) is 8.38. The minimum absolute atomic E-state index is 0.239. The second-order valence-corrected chi connectivity index (χ2v) is 8.38. The van der Waals surface area contributed by atoms with E-state index in [1.807, 2.05) is 66.7 Å². The quantitative estimate of drug-likeness (QED) is 0.309. The van der Waals surface area contributed by atoms with Crippen molar-refractivity contribution in [2.75, 3.05) is 13.7 Å². The highest BCUT2D eigenvalue weighted by molar-refractivity contribution is 5.91. The maximum atomic E-state index is 13.8. The van der Waals surface area contributed by atoms with Gasteiger partial charge in [0.1, 0.15) is 17.3 Å². The molecule has 1 amide bonds. The monoisotopic (exact) mass is 472 g/mol. The molecule has 1 N–H and O–H groups in total. The van der Waals surface area contributed by atoms with Crippen molar-refractivity contribution in [1.29, 1.82) is 0 Å². The lowest BCUT2D eigenvalue weighted by Gasteiger charge is -2.22. The molecule has 1 heterocycles. The van der Waals surface area contributed by atoms with Crippen LogP contribution in [-0.4, -0.2) is 24.5 Å². The Hall–Kier alpha value is -3.90. The maximum Gasteiger partial charge on any atom is 0.287 e. The molecule has 0 aliphatic carbocycles. The zero-order valence-electron chi connectivity index (χ0n) is 19.7. The molecule has 0 aliphatic rings. The fraction of sp³-hybridized carbons (Fsp3) is 0.207. The van der Waals surface area contributed by atoms with Crippen LogP contribution < -0.4 is 10.1 Å². The maximum absolute atomic E-state index is 13.8. The van der Waals surface area contributed by atoms with E-state index in [-0.39, 0.29) is 17.5 Å². The predicted molar refractivity (Wildman–Crippen MR) is 134 cm³/mol. The molecule has 0 saturated carbocycles. The Morgan fingerprint density at radius 1 is 0.857 bits per heavy atom. The lowest BCUT2D eigenvalue weighted by Crippen LogP contribution is -2.25. The van der Waals surface area contributed by atoms with Gasteiger partial charge in [-0.3, -0.25) is 9.69 Å². The van der Waals surface area contributed by atoms with E-state index in [0.29, 0.717) is 31.9 Å². The molecule has 5 nitrogen and oxygen atoms in total. The van der Waals surface area contributed by atoms with E-state index < -0.39 is 0 Å². The minimum Gasteiger partial charge on any atom is -0.497 e. The molecule has 1 aromatic heterocycles. The van der Waals surface area contributed by atoms with E-state index in [4.69, 9.17) is 9.15 Å². The zero-order chi connectivity index (χ0) is 24.5. The van der Waals surface area contributed by atoms with Crippen molar-refractivity contribution in [2.45, 2.75) is 26.1 Å². The van der Waals surface area contributed by atoms with Crippen LogP contribution in [0.4, 0.5) is 4.39 Å². The summed E-state index contributed by atoms with van der Waals surface area (Å²) < 4.78 is 25.0. The third kappa shape index (κ3) is 7.29. The van der Waals surface area contributed by atoms with E-state index in [2.05, 4.69) is 10.2 Å². The smallest absolute Gasteiger partial charge is 0.287 e. The summed E-state index contributed by atoms with van der Waals surface area (Å²) in [5, 5.41) is 2.91. The van der Waals surface area contributed by atoms with Gasteiger partial charge >= 0.3 is 0 Å². The largest absolute Gasteiger partial charge is 0.497 e. The molecule has 0 spiro atoms. The van der Waals surface area contributed by atoms with E-state index in [1.165, 1.54) is 17.7 Å². The van der Waals surface area contributed by atoms with Crippen LogP contribution in [0.2, 0.25) is 0 Å². The highest BCUT2D eigenvalue weighted by Gasteiger charge is 2.15. The minimum atomic E-state index is -0.267. The lowest BCUT2D eigenvalue weighted by molar-refractivity contribution is 0.0922. The number of benzene rings is 3. The predicted octanol–water partition coefficient (Wildman–Crippen LogP) is 5.60. The van der Waals surface area contributed by atoms with Crippen molar-refractivity contribution in [3.8, 4) is 5.75 Å². The van der Waals surface area contributed by atoms with E-state index in [1.54, 1.807) is 19.2 Å². The molecular weight excluding hydrogens is 443 g/mol. The van der Waals surface area contributed by atoms with Crippen molar-refractivity contribution in [1.82, 2.24) is 10.2 Å². The van der Waals surface area contributed by atoms with Crippen molar-refractivity contribution in [2.24, 2.45) is 0 Å². The van der Waals surface area contributed by atoms with Crippen molar-refractivity contribution in [3.05, 3.63) is 125 Å². The SMILES string of the molecule is COc1cccc(CN(Cc2cccc(F)c2)Cc2ccc(C(=O)NCCc3ccccc3)o2)c1. The molecule has 0 saturated heterocycles. The Morgan fingerprint density at radius 3 is 2.31 bits per heavy atom. The van der Waals surface area contributed by atoms with Gasteiger partial charge in [0.25, 0.3) is 5.91 Å². The average Bonchev–Trinajstić information content (AvgIpc) is 3.33. The summed E-state index contributed by atoms with van der Waals surface area (Å²) in [5.74, 6) is 1.21. The van der Waals surface area contributed by atoms with Gasteiger partial charge in [0.2, 0.25) is 0 Å². The second kappa shape index (κ2) is 12.0. The fourth-order valence-corrected chi connectivity index (χ4v) is 3.95. The van der Waals surface area contributed by atoms with Gasteiger partial charge in [0.15, 0.2) is 5.76 Å². The lowest BCUT2D eigenvalue weighted by atomic mass is 10.1. The number of ether oxygens (including phenoxy) is 1. The van der Waals surface area contributed by atoms with Gasteiger partial charge in [-0.1, -0.05) is 54.6 Å². The Labute approximate surface area is 205 Å². The van der Waals surface area contributed by atoms with E-state index in [9.17, 15) is 9.18 Å². The molecule has 4 aromatic rings. The number of furan rings is 1. The topological polar surface area (TPSA) is 54.7 Å². The molecule has 0 unspecified atom stereocenters. The van der Waals surface area contributed by atoms with Crippen LogP contribution in [0.5, 0.6) is 5.75 Å². The van der Waals surface area contributed by atoms with Gasteiger partial charge in [-0.25, -0.2) is 4.39 Å². The summed E-state index contributed by atoms with van der Waals surface area (Å²) in [7, 11) is 1.64. The molecule has 3 aromatic carbocycles. The van der Waals surface area contributed by atoms with Crippen molar-refractivity contribution < 1.29 is 18.3 Å². The number of carbonyl (C=O) groups excluding carboxylic acids is 1. The van der Waals surface area contributed by atoms with Crippen LogP contribution in [0.1, 0.15) is 33.0 Å². The normalized spacial score (nSPS) is 10.9. The van der Waals surface area contributed by atoms with E-state index >= 15 is 0 Å². The van der Waals surface area contributed by atoms with Gasteiger partial charge in [-0.05, 0) is 59.5 Å². The first-order valence-electron chi connectivity index (χ1n) is 11.6. The number of halogens is 1. The van der Waals surface area contributed by atoms with Gasteiger partial charge < -0.3 is 14.5 Å². The van der Waals surface area contributed by atoms with Gasteiger partial charge in [0.05, 0.1) is 13.7 Å². The van der Waals surface area contributed by atoms with Crippen LogP contribution in [0.25, 0.3) is 0 Å². The Kier molecular flexibility index (Phi) is 8.30.